The molecule has 1 amide bonds. The summed E-state index contributed by atoms with van der Waals surface area (Å²) < 4.78 is 0. The topological polar surface area (TPSA) is 43.1 Å². The molecule has 0 radical (unpaired) electrons. The van der Waals surface area contributed by atoms with E-state index < -0.39 is 5.91 Å². The number of nitrogens with two attached hydrogens (primary N) is 1. The van der Waals surface area contributed by atoms with Crippen LogP contribution in [0.3, 0.4) is 0 Å². The van der Waals surface area contributed by atoms with Crippen molar-refractivity contribution in [1.82, 2.24) is 0 Å². The highest BCUT2D eigenvalue weighted by Crippen LogP contribution is 1.96. The zero-order valence-electron chi connectivity index (χ0n) is 4.48. The Labute approximate surface area is 53.3 Å². The van der Waals surface area contributed by atoms with Gasteiger partial charge in [-0.25, -0.2) is 0 Å². The number of hydrogen-bond donors (Lipinski definition) is 1. The SMILES string of the molecule is C=C(CCCl)C(N)=O. The normalized spacial score (nSPS) is 8.62. The molecule has 0 aliphatic rings. The third-order valence-electron chi connectivity index (χ3n) is 0.745. The Morgan fingerprint density at radius 1 is 1.75 bits per heavy atom. The van der Waals surface area contributed by atoms with Gasteiger partial charge in [-0.2, -0.15) is 0 Å². The van der Waals surface area contributed by atoms with Gasteiger partial charge in [0.1, 0.15) is 0 Å². The first-order chi connectivity index (χ1) is 3.68. The highest BCUT2D eigenvalue weighted by molar-refractivity contribution is 6.18. The van der Waals surface area contributed by atoms with Gasteiger partial charge in [0.2, 0.25) is 5.91 Å². The summed E-state index contributed by atoms with van der Waals surface area (Å²) >= 11 is 5.27. The number of halogens is 1. The van der Waals surface area contributed by atoms with Crippen molar-refractivity contribution in [3.05, 3.63) is 12.2 Å². The average molecular weight is 134 g/mol. The molecule has 0 bridgehead atoms. The minimum absolute atomic E-state index is 0.389. The van der Waals surface area contributed by atoms with Gasteiger partial charge < -0.3 is 5.73 Å². The third kappa shape index (κ3) is 2.64. The van der Waals surface area contributed by atoms with Crippen molar-refractivity contribution in [3.63, 3.8) is 0 Å². The molecule has 0 saturated heterocycles. The van der Waals surface area contributed by atoms with Crippen molar-refractivity contribution < 1.29 is 4.79 Å². The van der Waals surface area contributed by atoms with Gasteiger partial charge in [-0.3, -0.25) is 4.79 Å². The van der Waals surface area contributed by atoms with Crippen LogP contribution in [0.15, 0.2) is 12.2 Å². The van der Waals surface area contributed by atoms with Gasteiger partial charge in [-0.1, -0.05) is 6.58 Å². The summed E-state index contributed by atoms with van der Waals surface area (Å²) in [5.41, 5.74) is 5.21. The summed E-state index contributed by atoms with van der Waals surface area (Å²) in [6.45, 7) is 3.38. The maximum absolute atomic E-state index is 10.2. The number of hydrogen-bond acceptors (Lipinski definition) is 1. The molecule has 0 aromatic carbocycles. The molecule has 2 nitrogen and oxygen atoms in total. The van der Waals surface area contributed by atoms with Gasteiger partial charge in [0, 0.05) is 11.5 Å². The van der Waals surface area contributed by atoms with E-state index in [0.29, 0.717) is 17.9 Å². The monoisotopic (exact) mass is 133 g/mol. The Morgan fingerprint density at radius 3 is 2.38 bits per heavy atom. The zero-order valence-corrected chi connectivity index (χ0v) is 5.24. The average Bonchev–Trinajstić information content (AvgIpc) is 1.67. The molecule has 0 heterocycles. The lowest BCUT2D eigenvalue weighted by Gasteiger charge is -1.92. The van der Waals surface area contributed by atoms with Crippen molar-refractivity contribution in [2.24, 2.45) is 5.73 Å². The molecule has 0 rings (SSSR count). The number of amides is 1. The smallest absolute Gasteiger partial charge is 0.244 e. The van der Waals surface area contributed by atoms with Crippen molar-refractivity contribution in [2.45, 2.75) is 6.42 Å². The summed E-state index contributed by atoms with van der Waals surface area (Å²) in [4.78, 5) is 10.2. The molecule has 0 aliphatic heterocycles. The van der Waals surface area contributed by atoms with Gasteiger partial charge >= 0.3 is 0 Å². The molecule has 0 spiro atoms. The molecule has 0 unspecified atom stereocenters. The lowest BCUT2D eigenvalue weighted by molar-refractivity contribution is -0.114. The molecule has 0 aromatic heterocycles. The van der Waals surface area contributed by atoms with Crippen molar-refractivity contribution in [1.29, 1.82) is 0 Å². The van der Waals surface area contributed by atoms with Crippen LogP contribution in [0.5, 0.6) is 0 Å². The summed E-state index contributed by atoms with van der Waals surface area (Å²) in [7, 11) is 0. The summed E-state index contributed by atoms with van der Waals surface area (Å²) in [5, 5.41) is 0. The number of carbonyl (C=O) groups excluding carboxylic acids is 1. The number of primary amides is 1. The summed E-state index contributed by atoms with van der Waals surface area (Å²) in [5.74, 6) is -0.0625. The van der Waals surface area contributed by atoms with E-state index in [-0.39, 0.29) is 0 Å². The molecule has 2 N–H and O–H groups in total. The Balaban J connectivity index is 3.49. The number of rotatable bonds is 3. The Morgan fingerprint density at radius 2 is 2.25 bits per heavy atom. The molecule has 46 valence electrons. The molecule has 3 heteroatoms. The van der Waals surface area contributed by atoms with Crippen molar-refractivity contribution in [2.75, 3.05) is 5.88 Å². The molecule has 0 fully saturated rings. The number of alkyl halides is 1. The van der Waals surface area contributed by atoms with E-state index in [1.165, 1.54) is 0 Å². The number of carbonyl (C=O) groups is 1. The second kappa shape index (κ2) is 3.50. The summed E-state index contributed by atoms with van der Waals surface area (Å²) in [6.07, 6.45) is 0.483. The van der Waals surface area contributed by atoms with Gasteiger partial charge in [0.05, 0.1) is 0 Å². The summed E-state index contributed by atoms with van der Waals surface area (Å²) in [6, 6.07) is 0. The van der Waals surface area contributed by atoms with Crippen LogP contribution in [0.25, 0.3) is 0 Å². The quantitative estimate of drug-likeness (QED) is 0.446. The minimum Gasteiger partial charge on any atom is -0.366 e. The van der Waals surface area contributed by atoms with Gasteiger partial charge in [0.15, 0.2) is 0 Å². The van der Waals surface area contributed by atoms with Gasteiger partial charge in [0.25, 0.3) is 0 Å². The Hall–Kier alpha value is -0.500. The highest BCUT2D eigenvalue weighted by atomic mass is 35.5. The standard InChI is InChI=1S/C5H8ClNO/c1-4(2-3-6)5(7)8/h1-3H2,(H2,7,8). The minimum atomic E-state index is -0.467. The van der Waals surface area contributed by atoms with E-state index in [4.69, 9.17) is 17.3 Å². The molecule has 0 atom stereocenters. The molecule has 8 heavy (non-hydrogen) atoms. The van der Waals surface area contributed by atoms with Crippen LogP contribution in [0, 0.1) is 0 Å². The Kier molecular flexibility index (Phi) is 3.28. The predicted octanol–water partition coefficient (Wildman–Crippen LogP) is 0.657. The van der Waals surface area contributed by atoms with Crippen LogP contribution in [0.1, 0.15) is 6.42 Å². The van der Waals surface area contributed by atoms with E-state index >= 15 is 0 Å². The van der Waals surface area contributed by atoms with E-state index in [1.807, 2.05) is 0 Å². The van der Waals surface area contributed by atoms with Crippen LogP contribution in [-0.2, 0) is 4.79 Å². The first-order valence-electron chi connectivity index (χ1n) is 2.22. The highest BCUT2D eigenvalue weighted by Gasteiger charge is 1.97. The van der Waals surface area contributed by atoms with Crippen molar-refractivity contribution >= 4 is 17.5 Å². The molecular formula is C5H8ClNO. The second-order valence-electron chi connectivity index (χ2n) is 1.41. The maximum Gasteiger partial charge on any atom is 0.244 e. The maximum atomic E-state index is 10.2. The van der Waals surface area contributed by atoms with E-state index in [0.717, 1.165) is 0 Å². The fraction of sp³-hybridized carbons (Fsp3) is 0.400. The van der Waals surface area contributed by atoms with E-state index in [9.17, 15) is 4.79 Å². The van der Waals surface area contributed by atoms with Gasteiger partial charge in [-0.05, 0) is 6.42 Å². The van der Waals surface area contributed by atoms with Crippen LogP contribution in [0.4, 0.5) is 0 Å². The van der Waals surface area contributed by atoms with Crippen LogP contribution in [-0.4, -0.2) is 11.8 Å². The third-order valence-corrected chi connectivity index (χ3v) is 0.934. The first kappa shape index (κ1) is 7.50. The first-order valence-corrected chi connectivity index (χ1v) is 2.75. The second-order valence-corrected chi connectivity index (χ2v) is 1.78. The fourth-order valence-corrected chi connectivity index (χ4v) is 0.465. The molecule has 0 aromatic rings. The van der Waals surface area contributed by atoms with Gasteiger partial charge in [-0.15, -0.1) is 11.6 Å². The predicted molar refractivity (Wildman–Crippen MR) is 33.7 cm³/mol. The van der Waals surface area contributed by atoms with Crippen LogP contribution >= 0.6 is 11.6 Å². The molecule has 0 saturated carbocycles. The lowest BCUT2D eigenvalue weighted by Crippen LogP contribution is -2.12. The van der Waals surface area contributed by atoms with E-state index in [2.05, 4.69) is 6.58 Å². The van der Waals surface area contributed by atoms with Crippen molar-refractivity contribution in [3.8, 4) is 0 Å². The lowest BCUT2D eigenvalue weighted by atomic mass is 10.2. The van der Waals surface area contributed by atoms with Crippen LogP contribution in [0.2, 0.25) is 0 Å². The van der Waals surface area contributed by atoms with E-state index in [1.54, 1.807) is 0 Å². The molecular weight excluding hydrogens is 126 g/mol. The zero-order chi connectivity index (χ0) is 6.57. The largest absolute Gasteiger partial charge is 0.366 e. The molecule has 0 aliphatic carbocycles. The Bertz CT molecular complexity index is 111. The van der Waals surface area contributed by atoms with Crippen LogP contribution < -0.4 is 5.73 Å². The fourth-order valence-electron chi connectivity index (χ4n) is 0.237.